The molecule has 6 heteroatoms. The van der Waals surface area contributed by atoms with Crippen LogP contribution in [0.2, 0.25) is 0 Å². The zero-order chi connectivity index (χ0) is 19.5. The second kappa shape index (κ2) is 7.65. The summed E-state index contributed by atoms with van der Waals surface area (Å²) in [5.41, 5.74) is 3.75. The normalized spacial score (nSPS) is 16.4. The van der Waals surface area contributed by atoms with E-state index in [1.807, 2.05) is 4.90 Å². The number of benzene rings is 2. The molecule has 1 amide bonds. The Hall–Kier alpha value is -3.46. The first-order valence-electron chi connectivity index (χ1n) is 9.36. The van der Waals surface area contributed by atoms with Crippen LogP contribution < -0.4 is 0 Å². The topological polar surface area (TPSA) is 83.0 Å². The Labute approximate surface area is 163 Å². The van der Waals surface area contributed by atoms with Crippen LogP contribution in [0.15, 0.2) is 53.1 Å². The van der Waals surface area contributed by atoms with Gasteiger partial charge in [-0.2, -0.15) is 10.2 Å². The third kappa shape index (κ3) is 3.65. The van der Waals surface area contributed by atoms with Crippen molar-refractivity contribution < 1.29 is 9.32 Å². The molecule has 0 spiro atoms. The number of amides is 1. The van der Waals surface area contributed by atoms with Gasteiger partial charge in [-0.15, -0.1) is 0 Å². The van der Waals surface area contributed by atoms with Crippen LogP contribution in [0.4, 0.5) is 0 Å². The minimum absolute atomic E-state index is 0.0710. The molecular weight excluding hydrogens is 352 g/mol. The van der Waals surface area contributed by atoms with Gasteiger partial charge in [0.05, 0.1) is 11.6 Å². The fourth-order valence-corrected chi connectivity index (χ4v) is 3.40. The summed E-state index contributed by atoms with van der Waals surface area (Å²) in [6.07, 6.45) is 1.39. The van der Waals surface area contributed by atoms with Crippen molar-refractivity contribution in [3.63, 3.8) is 0 Å². The number of hydrogen-bond donors (Lipinski definition) is 0. The molecule has 1 aliphatic heterocycles. The number of aryl methyl sites for hydroxylation is 1. The summed E-state index contributed by atoms with van der Waals surface area (Å²) in [4.78, 5) is 18.8. The van der Waals surface area contributed by atoms with Crippen LogP contribution in [-0.4, -0.2) is 27.5 Å². The van der Waals surface area contributed by atoms with Gasteiger partial charge in [0.15, 0.2) is 5.82 Å². The van der Waals surface area contributed by atoms with E-state index in [9.17, 15) is 4.79 Å². The molecule has 1 unspecified atom stereocenters. The minimum Gasteiger partial charge on any atom is -0.338 e. The molecule has 0 saturated carbocycles. The van der Waals surface area contributed by atoms with E-state index >= 15 is 0 Å². The third-order valence-electron chi connectivity index (χ3n) is 5.09. The second-order valence-corrected chi connectivity index (χ2v) is 6.99. The second-order valence-electron chi connectivity index (χ2n) is 6.99. The predicted molar refractivity (Wildman–Crippen MR) is 103 cm³/mol. The van der Waals surface area contributed by atoms with Gasteiger partial charge in [0.25, 0.3) is 5.89 Å². The highest BCUT2D eigenvalue weighted by Gasteiger charge is 2.33. The van der Waals surface area contributed by atoms with Crippen molar-refractivity contribution in [2.24, 2.45) is 0 Å². The van der Waals surface area contributed by atoms with Crippen molar-refractivity contribution >= 4 is 5.91 Å². The van der Waals surface area contributed by atoms with Gasteiger partial charge in [-0.25, -0.2) is 0 Å². The van der Waals surface area contributed by atoms with Crippen molar-refractivity contribution in [2.45, 2.75) is 32.2 Å². The molecule has 6 nitrogen and oxygen atoms in total. The van der Waals surface area contributed by atoms with Gasteiger partial charge in [0.2, 0.25) is 5.91 Å². The predicted octanol–water partition coefficient (Wildman–Crippen LogP) is 3.69. The number of hydrogen-bond acceptors (Lipinski definition) is 5. The van der Waals surface area contributed by atoms with Crippen molar-refractivity contribution in [2.75, 3.05) is 6.54 Å². The standard InChI is InChI=1S/C22H20N4O2/c1-2-15-3-5-17(6-4-15)13-26-14-19(11-20(26)27)21-24-22(28-25-21)18-9-7-16(12-23)8-10-18/h3-10,19H,2,11,13-14H2,1H3. The molecule has 4 rings (SSSR count). The molecule has 1 saturated heterocycles. The number of aromatic nitrogens is 2. The fraction of sp³-hybridized carbons (Fsp3) is 0.273. The molecule has 2 heterocycles. The summed E-state index contributed by atoms with van der Waals surface area (Å²) in [7, 11) is 0. The molecule has 28 heavy (non-hydrogen) atoms. The molecule has 0 bridgehead atoms. The van der Waals surface area contributed by atoms with Crippen LogP contribution in [0.25, 0.3) is 11.5 Å². The number of likely N-dealkylation sites (tertiary alicyclic amines) is 1. The van der Waals surface area contributed by atoms with Crippen LogP contribution in [0.5, 0.6) is 0 Å². The average molecular weight is 372 g/mol. The Morgan fingerprint density at radius 2 is 1.86 bits per heavy atom. The monoisotopic (exact) mass is 372 g/mol. The lowest BCUT2D eigenvalue weighted by atomic mass is 10.1. The van der Waals surface area contributed by atoms with E-state index in [1.54, 1.807) is 24.3 Å². The highest BCUT2D eigenvalue weighted by Crippen LogP contribution is 2.29. The van der Waals surface area contributed by atoms with Crippen molar-refractivity contribution in [3.05, 3.63) is 71.0 Å². The van der Waals surface area contributed by atoms with Gasteiger partial charge >= 0.3 is 0 Å². The van der Waals surface area contributed by atoms with Gasteiger partial charge in [0.1, 0.15) is 0 Å². The highest BCUT2D eigenvalue weighted by molar-refractivity contribution is 5.79. The van der Waals surface area contributed by atoms with Crippen molar-refractivity contribution in [3.8, 4) is 17.5 Å². The van der Waals surface area contributed by atoms with E-state index in [1.165, 1.54) is 5.56 Å². The summed E-state index contributed by atoms with van der Waals surface area (Å²) < 4.78 is 5.38. The third-order valence-corrected chi connectivity index (χ3v) is 5.09. The average Bonchev–Trinajstić information content (AvgIpc) is 3.36. The molecule has 1 fully saturated rings. The summed E-state index contributed by atoms with van der Waals surface area (Å²) in [6, 6.07) is 17.4. The highest BCUT2D eigenvalue weighted by atomic mass is 16.5. The minimum atomic E-state index is -0.0710. The van der Waals surface area contributed by atoms with Crippen LogP contribution >= 0.6 is 0 Å². The number of carbonyl (C=O) groups excluding carboxylic acids is 1. The molecule has 1 aliphatic rings. The number of nitriles is 1. The summed E-state index contributed by atoms with van der Waals surface area (Å²) in [5.74, 6) is 0.990. The van der Waals surface area contributed by atoms with Gasteiger partial charge < -0.3 is 9.42 Å². The maximum atomic E-state index is 12.4. The zero-order valence-electron chi connectivity index (χ0n) is 15.6. The number of carbonyl (C=O) groups is 1. The van der Waals surface area contributed by atoms with Gasteiger partial charge in [0, 0.05) is 31.0 Å². The lowest BCUT2D eigenvalue weighted by molar-refractivity contribution is -0.128. The lowest BCUT2D eigenvalue weighted by Crippen LogP contribution is -2.24. The molecule has 2 aromatic carbocycles. The SMILES string of the molecule is CCc1ccc(CN2CC(c3noc(-c4ccc(C#N)cc4)n3)CC2=O)cc1. The maximum absolute atomic E-state index is 12.4. The van der Waals surface area contributed by atoms with Crippen LogP contribution in [0, 0.1) is 11.3 Å². The van der Waals surface area contributed by atoms with E-state index in [4.69, 9.17) is 9.78 Å². The molecule has 3 aromatic rings. The molecule has 0 N–H and O–H groups in total. The van der Waals surface area contributed by atoms with Crippen molar-refractivity contribution in [1.82, 2.24) is 15.0 Å². The van der Waals surface area contributed by atoms with Crippen LogP contribution in [0.3, 0.4) is 0 Å². The van der Waals surface area contributed by atoms with Crippen molar-refractivity contribution in [1.29, 1.82) is 5.26 Å². The Bertz CT molecular complexity index is 1020. The van der Waals surface area contributed by atoms with E-state index in [-0.39, 0.29) is 11.8 Å². The quantitative estimate of drug-likeness (QED) is 0.682. The molecule has 1 aromatic heterocycles. The summed E-state index contributed by atoms with van der Waals surface area (Å²) in [5, 5.41) is 13.0. The van der Waals surface area contributed by atoms with Crippen LogP contribution in [-0.2, 0) is 17.8 Å². The summed E-state index contributed by atoms with van der Waals surface area (Å²) in [6.45, 7) is 3.31. The maximum Gasteiger partial charge on any atom is 0.257 e. The molecular formula is C22H20N4O2. The van der Waals surface area contributed by atoms with E-state index < -0.39 is 0 Å². The summed E-state index contributed by atoms with van der Waals surface area (Å²) >= 11 is 0. The first-order valence-corrected chi connectivity index (χ1v) is 9.36. The number of rotatable bonds is 5. The van der Waals surface area contributed by atoms with E-state index in [0.717, 1.165) is 17.5 Å². The molecule has 1 atom stereocenters. The van der Waals surface area contributed by atoms with E-state index in [0.29, 0.717) is 36.8 Å². The molecule has 0 aliphatic carbocycles. The van der Waals surface area contributed by atoms with Gasteiger partial charge in [-0.05, 0) is 41.8 Å². The Morgan fingerprint density at radius 3 is 2.54 bits per heavy atom. The lowest BCUT2D eigenvalue weighted by Gasteiger charge is -2.16. The fourth-order valence-electron chi connectivity index (χ4n) is 3.40. The van der Waals surface area contributed by atoms with Crippen LogP contribution in [0.1, 0.15) is 41.8 Å². The van der Waals surface area contributed by atoms with E-state index in [2.05, 4.69) is 47.4 Å². The van der Waals surface area contributed by atoms with Gasteiger partial charge in [-0.1, -0.05) is 36.3 Å². The smallest absolute Gasteiger partial charge is 0.257 e. The molecule has 0 radical (unpaired) electrons. The zero-order valence-corrected chi connectivity index (χ0v) is 15.6. The Balaban J connectivity index is 1.44. The Morgan fingerprint density at radius 1 is 1.14 bits per heavy atom. The van der Waals surface area contributed by atoms with Gasteiger partial charge in [-0.3, -0.25) is 4.79 Å². The first-order chi connectivity index (χ1) is 13.7. The first kappa shape index (κ1) is 17.9. The largest absolute Gasteiger partial charge is 0.338 e. The molecule has 140 valence electrons. The number of nitrogens with zero attached hydrogens (tertiary/aromatic N) is 4. The Kier molecular flexibility index (Phi) is 4.90.